The van der Waals surface area contributed by atoms with Gasteiger partial charge < -0.3 is 11.5 Å². The van der Waals surface area contributed by atoms with Gasteiger partial charge in [0.1, 0.15) is 0 Å². The number of allylic oxidation sites excluding steroid dienone is 1. The molecule has 0 heterocycles. The smallest absolute Gasteiger partial charge is 0.00773 e. The zero-order valence-corrected chi connectivity index (χ0v) is 18.6. The third-order valence-corrected chi connectivity index (χ3v) is 5.71. The largest absolute Gasteiger partial charge is 0.405 e. The second-order valence-electron chi connectivity index (χ2n) is 8.43. The van der Waals surface area contributed by atoms with Crippen molar-refractivity contribution >= 4 is 0 Å². The van der Waals surface area contributed by atoms with Crippen LogP contribution in [0.1, 0.15) is 141 Å². The van der Waals surface area contributed by atoms with Gasteiger partial charge in [-0.3, -0.25) is 0 Å². The molecule has 0 aliphatic heterocycles. The quantitative estimate of drug-likeness (QED) is 0.176. The summed E-state index contributed by atoms with van der Waals surface area (Å²) in [5, 5.41) is 0. The van der Waals surface area contributed by atoms with Crippen molar-refractivity contribution in [1.29, 1.82) is 0 Å². The zero-order chi connectivity index (χ0) is 19.7. The van der Waals surface area contributed by atoms with E-state index in [-0.39, 0.29) is 0 Å². The monoisotopic (exact) mass is 380 g/mol. The van der Waals surface area contributed by atoms with Crippen LogP contribution in [0.15, 0.2) is 12.3 Å². The third kappa shape index (κ3) is 25.5. The zero-order valence-electron chi connectivity index (χ0n) is 18.6. The maximum atomic E-state index is 5.52. The van der Waals surface area contributed by atoms with E-state index in [1.165, 1.54) is 135 Å². The maximum Gasteiger partial charge on any atom is -0.00773 e. The van der Waals surface area contributed by atoms with Crippen LogP contribution in [-0.4, -0.2) is 6.54 Å². The van der Waals surface area contributed by atoms with Gasteiger partial charge >= 0.3 is 0 Å². The van der Waals surface area contributed by atoms with Crippen molar-refractivity contribution in [2.75, 3.05) is 6.54 Å². The fourth-order valence-electron chi connectivity index (χ4n) is 3.86. The topological polar surface area (TPSA) is 52.0 Å². The molecule has 0 fully saturated rings. The lowest BCUT2D eigenvalue weighted by Gasteiger charge is -2.04. The molecule has 0 amide bonds. The van der Waals surface area contributed by atoms with Crippen molar-refractivity contribution in [2.24, 2.45) is 11.5 Å². The first-order valence-electron chi connectivity index (χ1n) is 12.5. The summed E-state index contributed by atoms with van der Waals surface area (Å²) in [6, 6.07) is 0. The van der Waals surface area contributed by atoms with Gasteiger partial charge in [-0.25, -0.2) is 0 Å². The van der Waals surface area contributed by atoms with Gasteiger partial charge in [-0.1, -0.05) is 128 Å². The van der Waals surface area contributed by atoms with E-state index in [1.807, 2.05) is 0 Å². The summed E-state index contributed by atoms with van der Waals surface area (Å²) in [4.78, 5) is 0. The van der Waals surface area contributed by atoms with E-state index in [2.05, 4.69) is 6.08 Å². The Morgan fingerprint density at radius 3 is 0.889 bits per heavy atom. The summed E-state index contributed by atoms with van der Waals surface area (Å²) >= 11 is 0. The summed E-state index contributed by atoms with van der Waals surface area (Å²) in [5.41, 5.74) is 10.9. The van der Waals surface area contributed by atoms with E-state index in [4.69, 9.17) is 11.5 Å². The highest BCUT2D eigenvalue weighted by Crippen LogP contribution is 2.15. The molecule has 0 rings (SSSR count). The summed E-state index contributed by atoms with van der Waals surface area (Å²) in [6.45, 7) is 0.870. The van der Waals surface area contributed by atoms with Gasteiger partial charge in [0, 0.05) is 0 Å². The van der Waals surface area contributed by atoms with Crippen molar-refractivity contribution < 1.29 is 0 Å². The van der Waals surface area contributed by atoms with Crippen LogP contribution < -0.4 is 11.5 Å². The normalized spacial score (nSPS) is 11.6. The average molecular weight is 381 g/mol. The van der Waals surface area contributed by atoms with Crippen molar-refractivity contribution in [3.05, 3.63) is 12.3 Å². The SMILES string of the molecule is NC=CCCCCCCCCCCCCCCCCCCCCCCCN. The molecule has 0 aromatic carbocycles. The van der Waals surface area contributed by atoms with Gasteiger partial charge in [-0.15, -0.1) is 0 Å². The van der Waals surface area contributed by atoms with Gasteiger partial charge in [0.2, 0.25) is 0 Å². The van der Waals surface area contributed by atoms with Crippen LogP contribution >= 0.6 is 0 Å². The molecule has 27 heavy (non-hydrogen) atoms. The minimum Gasteiger partial charge on any atom is -0.405 e. The second-order valence-corrected chi connectivity index (χ2v) is 8.43. The van der Waals surface area contributed by atoms with Crippen molar-refractivity contribution in [3.8, 4) is 0 Å². The first kappa shape index (κ1) is 26.5. The second kappa shape index (κ2) is 25.5. The van der Waals surface area contributed by atoms with Crippen LogP contribution in [-0.2, 0) is 0 Å². The van der Waals surface area contributed by atoms with E-state index in [1.54, 1.807) is 6.20 Å². The Bertz CT molecular complexity index is 275. The molecule has 4 N–H and O–H groups in total. The van der Waals surface area contributed by atoms with Crippen molar-refractivity contribution in [3.63, 3.8) is 0 Å². The lowest BCUT2D eigenvalue weighted by atomic mass is 10.0. The van der Waals surface area contributed by atoms with E-state index < -0.39 is 0 Å². The molecule has 0 bridgehead atoms. The molecule has 0 atom stereocenters. The molecule has 0 aliphatic rings. The fourth-order valence-corrected chi connectivity index (χ4v) is 3.86. The molecule has 0 saturated carbocycles. The highest BCUT2D eigenvalue weighted by Gasteiger charge is 1.95. The van der Waals surface area contributed by atoms with E-state index in [0.29, 0.717) is 0 Å². The van der Waals surface area contributed by atoms with Gasteiger partial charge in [0.15, 0.2) is 0 Å². The van der Waals surface area contributed by atoms with Crippen molar-refractivity contribution in [2.45, 2.75) is 141 Å². The number of hydrogen-bond acceptors (Lipinski definition) is 2. The summed E-state index contributed by atoms with van der Waals surface area (Å²) in [7, 11) is 0. The third-order valence-electron chi connectivity index (χ3n) is 5.71. The Hall–Kier alpha value is -0.500. The molecular weight excluding hydrogens is 328 g/mol. The molecule has 162 valence electrons. The Morgan fingerprint density at radius 1 is 0.370 bits per heavy atom. The fraction of sp³-hybridized carbons (Fsp3) is 0.920. The van der Waals surface area contributed by atoms with Gasteiger partial charge in [0.25, 0.3) is 0 Å². The number of rotatable bonds is 23. The summed E-state index contributed by atoms with van der Waals surface area (Å²) < 4.78 is 0. The van der Waals surface area contributed by atoms with Gasteiger partial charge in [-0.05, 0) is 32.0 Å². The standard InChI is InChI=1S/C25H52N2/c26-24-22-20-18-16-14-12-10-8-6-4-2-1-3-5-7-9-11-13-15-17-19-21-23-25-27/h22,24H,1-21,23,25-27H2. The number of nitrogens with two attached hydrogens (primary N) is 2. The molecule has 0 aromatic rings. The predicted molar refractivity (Wildman–Crippen MR) is 124 cm³/mol. The van der Waals surface area contributed by atoms with Gasteiger partial charge in [-0.2, -0.15) is 0 Å². The minimum atomic E-state index is 0.870. The lowest BCUT2D eigenvalue weighted by Crippen LogP contribution is -1.97. The number of unbranched alkanes of at least 4 members (excludes halogenated alkanes) is 21. The molecule has 2 nitrogen and oxygen atoms in total. The summed E-state index contributed by atoms with van der Waals surface area (Å²) in [5.74, 6) is 0. The first-order valence-corrected chi connectivity index (χ1v) is 12.5. The van der Waals surface area contributed by atoms with E-state index in [9.17, 15) is 0 Å². The first-order chi connectivity index (χ1) is 13.4. The molecular formula is C25H52N2. The van der Waals surface area contributed by atoms with Crippen LogP contribution in [0.2, 0.25) is 0 Å². The van der Waals surface area contributed by atoms with E-state index >= 15 is 0 Å². The molecule has 0 aliphatic carbocycles. The van der Waals surface area contributed by atoms with Gasteiger partial charge in [0.05, 0.1) is 0 Å². The predicted octanol–water partition coefficient (Wildman–Crippen LogP) is 8.00. The van der Waals surface area contributed by atoms with Crippen LogP contribution in [0.4, 0.5) is 0 Å². The Labute approximate surface area is 171 Å². The van der Waals surface area contributed by atoms with Crippen LogP contribution in [0.3, 0.4) is 0 Å². The Morgan fingerprint density at radius 2 is 0.630 bits per heavy atom. The Balaban J connectivity index is 2.97. The van der Waals surface area contributed by atoms with Crippen LogP contribution in [0.25, 0.3) is 0 Å². The molecule has 0 spiro atoms. The average Bonchev–Trinajstić information content (AvgIpc) is 2.68. The molecule has 0 aromatic heterocycles. The molecule has 2 heteroatoms. The number of hydrogen-bond donors (Lipinski definition) is 2. The molecule has 0 radical (unpaired) electrons. The van der Waals surface area contributed by atoms with Crippen molar-refractivity contribution in [1.82, 2.24) is 0 Å². The minimum absolute atomic E-state index is 0.870. The van der Waals surface area contributed by atoms with Crippen LogP contribution in [0, 0.1) is 0 Å². The lowest BCUT2D eigenvalue weighted by molar-refractivity contribution is 0.520. The molecule has 0 saturated heterocycles. The van der Waals surface area contributed by atoms with Crippen LogP contribution in [0.5, 0.6) is 0 Å². The molecule has 0 unspecified atom stereocenters. The van der Waals surface area contributed by atoms with E-state index in [0.717, 1.165) is 13.0 Å². The Kier molecular flexibility index (Phi) is 25.0. The highest BCUT2D eigenvalue weighted by molar-refractivity contribution is 4.74. The highest BCUT2D eigenvalue weighted by atomic mass is 14.5. The summed E-state index contributed by atoms with van der Waals surface area (Å²) in [6.07, 6.45) is 34.8. The maximum absolute atomic E-state index is 5.52.